The van der Waals surface area contributed by atoms with Crippen LogP contribution in [-0.4, -0.2) is 37.8 Å². The van der Waals surface area contributed by atoms with Crippen LogP contribution in [0.1, 0.15) is 39.5 Å². The number of unbranched alkanes of at least 4 members (excludes halogenated alkanes) is 2. The van der Waals surface area contributed by atoms with Crippen molar-refractivity contribution < 1.29 is 48.9 Å². The predicted molar refractivity (Wildman–Crippen MR) is 71.2 cm³/mol. The molecule has 0 aliphatic carbocycles. The van der Waals surface area contributed by atoms with Crippen molar-refractivity contribution in [1.82, 2.24) is 0 Å². The van der Waals surface area contributed by atoms with E-state index < -0.39 is 45.7 Å². The second kappa shape index (κ2) is 9.35. The van der Waals surface area contributed by atoms with Crippen LogP contribution in [0.15, 0.2) is 0 Å². The highest BCUT2D eigenvalue weighted by Gasteiger charge is 2.75. The molecule has 0 unspecified atom stereocenters. The molecule has 24 heavy (non-hydrogen) atoms. The summed E-state index contributed by atoms with van der Waals surface area (Å²) in [6.07, 6.45) is -4.63. The predicted octanol–water partition coefficient (Wildman–Crippen LogP) is 5.58. The minimum absolute atomic E-state index is 0.201. The van der Waals surface area contributed by atoms with Gasteiger partial charge in [0.05, 0.1) is 13.2 Å². The van der Waals surface area contributed by atoms with Crippen LogP contribution in [0.2, 0.25) is 0 Å². The summed E-state index contributed by atoms with van der Waals surface area (Å²) in [6, 6.07) is 0. The Morgan fingerprint density at radius 1 is 0.875 bits per heavy atom. The van der Waals surface area contributed by atoms with Gasteiger partial charge in [-0.25, -0.2) is 13.5 Å². The van der Waals surface area contributed by atoms with Gasteiger partial charge in [0.25, 0.3) is 0 Å². The molecule has 0 saturated carbocycles. The van der Waals surface area contributed by atoms with E-state index in [1.807, 2.05) is 0 Å². The second-order valence-corrected chi connectivity index (χ2v) is 6.43. The summed E-state index contributed by atoms with van der Waals surface area (Å²) in [7, 11) is -5.26. The monoisotopic (exact) mass is 392 g/mol. The fourth-order valence-electron chi connectivity index (χ4n) is 1.23. The molecule has 0 aromatic heterocycles. The van der Waals surface area contributed by atoms with Crippen LogP contribution < -0.4 is 0 Å². The molecule has 0 N–H and O–H groups in total. The van der Waals surface area contributed by atoms with E-state index in [0.29, 0.717) is 12.8 Å². The van der Waals surface area contributed by atoms with Crippen LogP contribution in [0.25, 0.3) is 0 Å². The largest absolute Gasteiger partial charge is 0.479 e. The Labute approximate surface area is 135 Å². The Balaban J connectivity index is 5.31. The van der Waals surface area contributed by atoms with Gasteiger partial charge in [-0.15, -0.1) is 0 Å². The molecule has 0 radical (unpaired) electrons. The Hall–Kier alpha value is -0.380. The third-order valence-corrected chi connectivity index (χ3v) is 4.16. The van der Waals surface area contributed by atoms with E-state index in [-0.39, 0.29) is 12.8 Å². The minimum atomic E-state index is -6.26. The van der Waals surface area contributed by atoms with E-state index in [4.69, 9.17) is 0 Å². The zero-order valence-corrected chi connectivity index (χ0v) is 14.1. The van der Waals surface area contributed by atoms with E-state index in [2.05, 4.69) is 13.6 Å². The van der Waals surface area contributed by atoms with Gasteiger partial charge in [-0.3, -0.25) is 9.05 Å². The molecule has 0 heterocycles. The number of halogens is 7. The highest BCUT2D eigenvalue weighted by atomic mass is 31.2. The normalized spacial score (nSPS) is 14.2. The summed E-state index contributed by atoms with van der Waals surface area (Å²) in [5, 5.41) is 0. The van der Waals surface area contributed by atoms with Crippen LogP contribution in [-0.2, 0) is 18.1 Å². The molecule has 0 aliphatic rings. The van der Waals surface area contributed by atoms with Crippen molar-refractivity contribution in [1.29, 1.82) is 0 Å². The SMILES string of the molecule is CCCCOP(=O)(OCCCC)OC(F)(F)C(F)(F)C(F)(F)CF. The van der Waals surface area contributed by atoms with Gasteiger partial charge in [-0.1, -0.05) is 26.7 Å². The van der Waals surface area contributed by atoms with Crippen LogP contribution in [0, 0.1) is 0 Å². The van der Waals surface area contributed by atoms with Crippen LogP contribution in [0.4, 0.5) is 30.7 Å². The topological polar surface area (TPSA) is 44.8 Å². The van der Waals surface area contributed by atoms with Crippen molar-refractivity contribution in [2.75, 3.05) is 19.9 Å². The average molecular weight is 392 g/mol. The third-order valence-electron chi connectivity index (χ3n) is 2.71. The molecule has 0 rings (SSSR count). The molecule has 0 aromatic rings. The second-order valence-electron chi connectivity index (χ2n) is 4.84. The van der Waals surface area contributed by atoms with Crippen molar-refractivity contribution in [3.8, 4) is 0 Å². The number of rotatable bonds is 13. The summed E-state index contributed by atoms with van der Waals surface area (Å²) in [6.45, 7) is -0.617. The van der Waals surface area contributed by atoms with Gasteiger partial charge in [0.15, 0.2) is 6.67 Å². The summed E-state index contributed by atoms with van der Waals surface area (Å²) < 4.78 is 115. The lowest BCUT2D eigenvalue weighted by Crippen LogP contribution is -2.56. The van der Waals surface area contributed by atoms with Gasteiger partial charge in [-0.05, 0) is 12.8 Å². The average Bonchev–Trinajstić information content (AvgIpc) is 2.46. The lowest BCUT2D eigenvalue weighted by molar-refractivity contribution is -0.377. The fourth-order valence-corrected chi connectivity index (χ4v) is 2.51. The smallest absolute Gasteiger partial charge is 0.287 e. The van der Waals surface area contributed by atoms with Crippen molar-refractivity contribution in [3.63, 3.8) is 0 Å². The number of phosphoric acid groups is 1. The molecular weight excluding hydrogens is 372 g/mol. The van der Waals surface area contributed by atoms with Crippen molar-refractivity contribution in [2.24, 2.45) is 0 Å². The van der Waals surface area contributed by atoms with Crippen LogP contribution >= 0.6 is 7.82 Å². The van der Waals surface area contributed by atoms with Crippen molar-refractivity contribution in [2.45, 2.75) is 57.5 Å². The summed E-state index contributed by atoms with van der Waals surface area (Å²) in [5.74, 6) is -12.0. The summed E-state index contributed by atoms with van der Waals surface area (Å²) in [4.78, 5) is 0. The third kappa shape index (κ3) is 6.16. The molecule has 0 amide bonds. The van der Waals surface area contributed by atoms with E-state index in [0.717, 1.165) is 0 Å². The quantitative estimate of drug-likeness (QED) is 0.233. The molecule has 0 bridgehead atoms. The highest BCUT2D eigenvalue weighted by Crippen LogP contribution is 2.59. The first kappa shape index (κ1) is 23.6. The first-order valence-electron chi connectivity index (χ1n) is 7.18. The molecule has 0 spiro atoms. The Kier molecular flexibility index (Phi) is 9.21. The number of alkyl halides is 7. The lowest BCUT2D eigenvalue weighted by atomic mass is 10.2. The lowest BCUT2D eigenvalue weighted by Gasteiger charge is -2.32. The highest BCUT2D eigenvalue weighted by molar-refractivity contribution is 7.48. The standard InChI is InChI=1S/C12H20F7O4P/c1-3-5-7-21-24(20,22-8-6-4-2)23-12(18,19)11(16,17)10(14,15)9-13/h3-9H2,1-2H3. The molecule has 0 aliphatic heterocycles. The van der Waals surface area contributed by atoms with E-state index in [9.17, 15) is 35.3 Å². The molecule has 0 fully saturated rings. The molecule has 0 aromatic carbocycles. The molecule has 0 saturated heterocycles. The number of hydrogen-bond donors (Lipinski definition) is 0. The zero-order valence-electron chi connectivity index (χ0n) is 13.2. The first-order valence-corrected chi connectivity index (χ1v) is 8.64. The number of phosphoric ester groups is 1. The fraction of sp³-hybridized carbons (Fsp3) is 1.00. The van der Waals surface area contributed by atoms with E-state index in [1.54, 1.807) is 13.8 Å². The van der Waals surface area contributed by atoms with Gasteiger partial charge < -0.3 is 0 Å². The Morgan fingerprint density at radius 3 is 1.62 bits per heavy atom. The Morgan fingerprint density at radius 2 is 1.29 bits per heavy atom. The maximum Gasteiger partial charge on any atom is 0.479 e. The van der Waals surface area contributed by atoms with Gasteiger partial charge in [0.2, 0.25) is 0 Å². The minimum Gasteiger partial charge on any atom is -0.287 e. The maximum absolute atomic E-state index is 13.4. The molecule has 4 nitrogen and oxygen atoms in total. The van der Waals surface area contributed by atoms with Gasteiger partial charge in [0, 0.05) is 0 Å². The summed E-state index contributed by atoms with van der Waals surface area (Å²) >= 11 is 0. The number of hydrogen-bond acceptors (Lipinski definition) is 4. The molecular formula is C12H20F7O4P. The van der Waals surface area contributed by atoms with Crippen LogP contribution in [0.5, 0.6) is 0 Å². The zero-order chi connectivity index (χ0) is 19.1. The first-order chi connectivity index (χ1) is 10.9. The maximum atomic E-state index is 13.4. The van der Waals surface area contributed by atoms with Gasteiger partial charge in [0.1, 0.15) is 0 Å². The van der Waals surface area contributed by atoms with Gasteiger partial charge in [-0.2, -0.15) is 26.3 Å². The Bertz CT molecular complexity index is 406. The van der Waals surface area contributed by atoms with E-state index in [1.165, 1.54) is 0 Å². The molecule has 146 valence electrons. The summed E-state index contributed by atoms with van der Waals surface area (Å²) in [5.41, 5.74) is 0. The molecule has 0 atom stereocenters. The van der Waals surface area contributed by atoms with Crippen molar-refractivity contribution in [3.05, 3.63) is 0 Å². The van der Waals surface area contributed by atoms with Gasteiger partial charge >= 0.3 is 25.8 Å². The molecule has 12 heteroatoms. The van der Waals surface area contributed by atoms with Crippen molar-refractivity contribution >= 4 is 7.82 Å². The van der Waals surface area contributed by atoms with E-state index >= 15 is 0 Å². The van der Waals surface area contributed by atoms with Crippen LogP contribution in [0.3, 0.4) is 0 Å².